The number of piperidine rings is 1. The number of hydrogen-bond donors (Lipinski definition) is 4. The number of carbonyl (C=O) groups excluding carboxylic acids is 3. The van der Waals surface area contributed by atoms with Crippen molar-refractivity contribution < 1.29 is 44.1 Å². The maximum absolute atomic E-state index is 13.5. The first-order chi connectivity index (χ1) is 24.3. The Kier molecular flexibility index (Phi) is 20.6. The van der Waals surface area contributed by atoms with E-state index in [1.807, 2.05) is 16.7 Å². The molecule has 0 saturated carbocycles. The quantitative estimate of drug-likeness (QED) is 0.134. The second-order valence-electron chi connectivity index (χ2n) is 13.9. The summed E-state index contributed by atoms with van der Waals surface area (Å²) in [7, 11) is 0. The minimum atomic E-state index is -1.13. The van der Waals surface area contributed by atoms with Gasteiger partial charge in [0.1, 0.15) is 6.54 Å². The Morgan fingerprint density at radius 2 is 1.20 bits per heavy atom. The molecule has 2 aliphatic rings. The second kappa shape index (κ2) is 24.0. The topological polar surface area (TPSA) is 195 Å². The van der Waals surface area contributed by atoms with Gasteiger partial charge in [-0.15, -0.1) is 0 Å². The Balaban J connectivity index is 1.94. The number of amides is 3. The number of hydrogen-bond acceptors (Lipinski definition) is 10. The van der Waals surface area contributed by atoms with Gasteiger partial charge in [-0.1, -0.05) is 40.0 Å². The van der Waals surface area contributed by atoms with Crippen LogP contribution in [0.2, 0.25) is 0 Å². The summed E-state index contributed by atoms with van der Waals surface area (Å²) in [6, 6.07) is -0.355. The lowest BCUT2D eigenvalue weighted by molar-refractivity contribution is -0.148. The van der Waals surface area contributed by atoms with Crippen LogP contribution in [-0.2, 0) is 28.8 Å². The maximum Gasteiger partial charge on any atom is 0.323 e. The number of aliphatic carboxylic acids is 3. The molecule has 2 heterocycles. The molecule has 292 valence electrons. The van der Waals surface area contributed by atoms with Crippen molar-refractivity contribution in [3.05, 3.63) is 0 Å². The minimum Gasteiger partial charge on any atom is -0.480 e. The first-order valence-electron chi connectivity index (χ1n) is 18.7. The second-order valence-corrected chi connectivity index (χ2v) is 13.9. The molecule has 16 heteroatoms. The number of nitrogens with zero attached hydrogens (tertiary/aromatic N) is 6. The fourth-order valence-corrected chi connectivity index (χ4v) is 6.54. The summed E-state index contributed by atoms with van der Waals surface area (Å²) >= 11 is 0. The highest BCUT2D eigenvalue weighted by atomic mass is 16.4. The van der Waals surface area contributed by atoms with Crippen LogP contribution >= 0.6 is 0 Å². The minimum absolute atomic E-state index is 0.00652. The van der Waals surface area contributed by atoms with Crippen LogP contribution in [0.15, 0.2) is 0 Å². The third-order valence-corrected chi connectivity index (χ3v) is 10.0. The Labute approximate surface area is 303 Å². The summed E-state index contributed by atoms with van der Waals surface area (Å²) in [5.74, 6) is -3.07. The van der Waals surface area contributed by atoms with Crippen LogP contribution < -0.4 is 5.32 Å². The van der Waals surface area contributed by atoms with Crippen LogP contribution in [0, 0.1) is 5.92 Å². The van der Waals surface area contributed by atoms with E-state index in [0.717, 1.165) is 32.2 Å². The molecule has 51 heavy (non-hydrogen) atoms. The van der Waals surface area contributed by atoms with Crippen LogP contribution in [0.5, 0.6) is 0 Å². The van der Waals surface area contributed by atoms with Gasteiger partial charge in [-0.3, -0.25) is 43.5 Å². The Bertz CT molecular complexity index is 1120. The summed E-state index contributed by atoms with van der Waals surface area (Å²) in [5.41, 5.74) is 0. The fourth-order valence-electron chi connectivity index (χ4n) is 6.54. The predicted molar refractivity (Wildman–Crippen MR) is 191 cm³/mol. The molecule has 0 radical (unpaired) electrons. The molecule has 16 nitrogen and oxygen atoms in total. The summed E-state index contributed by atoms with van der Waals surface area (Å²) in [5, 5.41) is 31.2. The predicted octanol–water partition coefficient (Wildman–Crippen LogP) is 0.414. The van der Waals surface area contributed by atoms with Gasteiger partial charge >= 0.3 is 17.9 Å². The average Bonchev–Trinajstić information content (AvgIpc) is 3.08. The van der Waals surface area contributed by atoms with Crippen LogP contribution in [0.4, 0.5) is 0 Å². The zero-order chi connectivity index (χ0) is 37.8. The third kappa shape index (κ3) is 18.1. The molecule has 0 aromatic heterocycles. The van der Waals surface area contributed by atoms with E-state index < -0.39 is 24.5 Å². The van der Waals surface area contributed by atoms with Crippen molar-refractivity contribution in [2.24, 2.45) is 5.92 Å². The molecular formula is C35H63N7O9. The molecule has 0 aromatic rings. The van der Waals surface area contributed by atoms with Crippen molar-refractivity contribution >= 4 is 35.6 Å². The molecule has 2 rings (SSSR count). The van der Waals surface area contributed by atoms with Crippen molar-refractivity contribution in [2.75, 3.05) is 105 Å². The number of carbonyl (C=O) groups is 6. The molecule has 4 N–H and O–H groups in total. The zero-order valence-corrected chi connectivity index (χ0v) is 31.1. The van der Waals surface area contributed by atoms with Crippen molar-refractivity contribution in [2.45, 2.75) is 78.2 Å². The third-order valence-electron chi connectivity index (χ3n) is 10.0. The van der Waals surface area contributed by atoms with E-state index in [4.69, 9.17) is 0 Å². The lowest BCUT2D eigenvalue weighted by atomic mass is 10.0. The lowest BCUT2D eigenvalue weighted by Crippen LogP contribution is -2.53. The van der Waals surface area contributed by atoms with E-state index in [-0.39, 0.29) is 56.2 Å². The molecule has 3 amide bonds. The molecule has 0 spiro atoms. The van der Waals surface area contributed by atoms with Gasteiger partial charge in [-0.25, -0.2) is 0 Å². The lowest BCUT2D eigenvalue weighted by Gasteiger charge is -2.39. The van der Waals surface area contributed by atoms with E-state index in [0.29, 0.717) is 90.8 Å². The van der Waals surface area contributed by atoms with E-state index in [1.54, 1.807) is 9.80 Å². The van der Waals surface area contributed by atoms with Gasteiger partial charge in [-0.05, 0) is 31.7 Å². The molecular weight excluding hydrogens is 662 g/mol. The number of unbranched alkanes of at least 4 members (excludes halogenated alkanes) is 1. The van der Waals surface area contributed by atoms with E-state index in [2.05, 4.69) is 24.1 Å². The van der Waals surface area contributed by atoms with Crippen LogP contribution in [0.3, 0.4) is 0 Å². The van der Waals surface area contributed by atoms with Gasteiger partial charge in [0, 0.05) is 90.9 Å². The molecule has 0 aliphatic carbocycles. The SMILES string of the molecule is CCC(C)CCCCNC(=O)CCC(=O)N(CC(=O)O)C1CCN(C(=O)CN2CCN(CC)CCN(CC(=O)O)CCN(CC(=O)O)CC2)CC1. The first-order valence-corrected chi connectivity index (χ1v) is 18.7. The van der Waals surface area contributed by atoms with Crippen molar-refractivity contribution in [3.63, 3.8) is 0 Å². The number of carboxylic acid groups (broad SMARTS) is 3. The highest BCUT2D eigenvalue weighted by Gasteiger charge is 2.31. The summed E-state index contributed by atoms with van der Waals surface area (Å²) < 4.78 is 0. The fraction of sp³-hybridized carbons (Fsp3) is 0.829. The first kappa shape index (κ1) is 43.8. The monoisotopic (exact) mass is 725 g/mol. The number of rotatable bonds is 19. The normalized spacial score (nSPS) is 18.7. The van der Waals surface area contributed by atoms with Gasteiger partial charge in [0.15, 0.2) is 0 Å². The summed E-state index contributed by atoms with van der Waals surface area (Å²) in [4.78, 5) is 84.6. The molecule has 2 fully saturated rings. The molecule has 0 bridgehead atoms. The average molecular weight is 726 g/mol. The molecule has 1 atom stereocenters. The van der Waals surface area contributed by atoms with Crippen LogP contribution in [0.25, 0.3) is 0 Å². The molecule has 1 unspecified atom stereocenters. The zero-order valence-electron chi connectivity index (χ0n) is 31.1. The highest BCUT2D eigenvalue weighted by molar-refractivity contribution is 5.86. The maximum atomic E-state index is 13.5. The summed E-state index contributed by atoms with van der Waals surface area (Å²) in [6.07, 6.45) is 4.91. The molecule has 0 aromatic carbocycles. The van der Waals surface area contributed by atoms with Crippen LogP contribution in [-0.4, -0.2) is 191 Å². The van der Waals surface area contributed by atoms with Crippen LogP contribution in [0.1, 0.15) is 72.1 Å². The number of nitrogens with one attached hydrogen (secondary N) is 1. The Hall–Kier alpha value is -3.34. The van der Waals surface area contributed by atoms with Crippen molar-refractivity contribution in [1.82, 2.24) is 34.7 Å². The van der Waals surface area contributed by atoms with Crippen molar-refractivity contribution in [1.29, 1.82) is 0 Å². The Morgan fingerprint density at radius 3 is 1.67 bits per heavy atom. The Morgan fingerprint density at radius 1 is 0.686 bits per heavy atom. The smallest absolute Gasteiger partial charge is 0.323 e. The molecule has 2 saturated heterocycles. The standard InChI is InChI=1S/C35H63N7O9/c1-4-28(3)8-6-7-13-36-30(43)9-10-31(44)42(27-35(50)51)29-11-14-41(15-12-29)32(45)24-38-18-16-37(5-2)17-19-39(25-33(46)47)22-23-40(21-20-38)26-34(48)49/h28-29H,4-27H2,1-3H3,(H,36,43)(H,46,47)(H,48,49)(H,50,51). The largest absolute Gasteiger partial charge is 0.480 e. The van der Waals surface area contributed by atoms with Gasteiger partial charge in [0.2, 0.25) is 17.7 Å². The van der Waals surface area contributed by atoms with E-state index in [1.165, 1.54) is 4.90 Å². The van der Waals surface area contributed by atoms with Gasteiger partial charge < -0.3 is 35.3 Å². The number of likely N-dealkylation sites (N-methyl/N-ethyl adjacent to an activating group) is 1. The van der Waals surface area contributed by atoms with Gasteiger partial charge in [-0.2, -0.15) is 0 Å². The van der Waals surface area contributed by atoms with Gasteiger partial charge in [0.05, 0.1) is 19.6 Å². The van der Waals surface area contributed by atoms with E-state index in [9.17, 15) is 44.1 Å². The van der Waals surface area contributed by atoms with E-state index >= 15 is 0 Å². The number of likely N-dealkylation sites (tertiary alicyclic amines) is 1. The number of carboxylic acids is 3. The molecule has 2 aliphatic heterocycles. The van der Waals surface area contributed by atoms with Crippen molar-refractivity contribution in [3.8, 4) is 0 Å². The van der Waals surface area contributed by atoms with Gasteiger partial charge in [0.25, 0.3) is 0 Å². The summed E-state index contributed by atoms with van der Waals surface area (Å²) in [6.45, 7) is 11.9. The highest BCUT2D eigenvalue weighted by Crippen LogP contribution is 2.19.